The molecule has 0 unspecified atom stereocenters. The smallest absolute Gasteiger partial charge is 0.344 e. The summed E-state index contributed by atoms with van der Waals surface area (Å²) < 4.78 is 19.2. The lowest BCUT2D eigenvalue weighted by molar-refractivity contribution is -0.144. The third-order valence-electron chi connectivity index (χ3n) is 4.99. The van der Waals surface area contributed by atoms with Crippen LogP contribution in [0.3, 0.4) is 0 Å². The van der Waals surface area contributed by atoms with E-state index in [0.717, 1.165) is 5.56 Å². The fourth-order valence-corrected chi connectivity index (χ4v) is 3.31. The number of amides is 1. The molecule has 1 amide bonds. The maximum Gasteiger partial charge on any atom is 0.344 e. The summed E-state index contributed by atoms with van der Waals surface area (Å²) in [5.41, 5.74) is 1.59. The predicted octanol–water partition coefficient (Wildman–Crippen LogP) is 2.56. The van der Waals surface area contributed by atoms with E-state index in [4.69, 9.17) is 9.84 Å². The van der Waals surface area contributed by atoms with Crippen molar-refractivity contribution in [2.75, 3.05) is 26.2 Å². The van der Waals surface area contributed by atoms with Gasteiger partial charge in [-0.05, 0) is 30.7 Å². The molecule has 1 aliphatic rings. The maximum atomic E-state index is 13.7. The highest BCUT2D eigenvalue weighted by Gasteiger charge is 2.23. The van der Waals surface area contributed by atoms with Crippen molar-refractivity contribution >= 4 is 11.9 Å². The highest BCUT2D eigenvalue weighted by atomic mass is 19.1. The summed E-state index contributed by atoms with van der Waals surface area (Å²) in [6.45, 7) is 4.38. The molecule has 7 heteroatoms. The molecule has 2 aromatic rings. The van der Waals surface area contributed by atoms with Crippen LogP contribution < -0.4 is 4.74 Å². The Kier molecular flexibility index (Phi) is 6.82. The number of benzene rings is 2. The second kappa shape index (κ2) is 9.52. The Labute approximate surface area is 169 Å². The molecule has 6 nitrogen and oxygen atoms in total. The average Bonchev–Trinajstić information content (AvgIpc) is 2.71. The molecule has 3 rings (SSSR count). The Morgan fingerprint density at radius 2 is 1.79 bits per heavy atom. The van der Waals surface area contributed by atoms with Crippen molar-refractivity contribution in [3.63, 3.8) is 0 Å². The molecule has 0 bridgehead atoms. The molecule has 2 aromatic carbocycles. The first kappa shape index (κ1) is 20.8. The molecule has 1 atom stereocenters. The van der Waals surface area contributed by atoms with E-state index in [1.807, 2.05) is 35.2 Å². The number of carbonyl (C=O) groups is 2. The van der Waals surface area contributed by atoms with Gasteiger partial charge in [-0.15, -0.1) is 0 Å². The Balaban J connectivity index is 1.57. The SMILES string of the molecule is C[C@H](Oc1ccc(F)cc1CN1CCN(C(=O)Cc2ccccc2)CC1)C(=O)O. The van der Waals surface area contributed by atoms with Crippen molar-refractivity contribution < 1.29 is 23.8 Å². The van der Waals surface area contributed by atoms with Gasteiger partial charge in [0.2, 0.25) is 5.91 Å². The summed E-state index contributed by atoms with van der Waals surface area (Å²) in [5, 5.41) is 9.05. The van der Waals surface area contributed by atoms with E-state index in [2.05, 4.69) is 4.90 Å². The van der Waals surface area contributed by atoms with Crippen LogP contribution in [0.5, 0.6) is 5.75 Å². The standard InChI is InChI=1S/C22H25FN2O4/c1-16(22(27)28)29-20-8-7-19(23)14-18(20)15-24-9-11-25(12-10-24)21(26)13-17-5-3-2-4-6-17/h2-8,14,16H,9-13,15H2,1H3,(H,27,28)/t16-/m0/s1. The van der Waals surface area contributed by atoms with Crippen LogP contribution in [0.25, 0.3) is 0 Å². The average molecular weight is 400 g/mol. The third-order valence-corrected chi connectivity index (χ3v) is 4.99. The number of nitrogens with zero attached hydrogens (tertiary/aromatic N) is 2. The molecule has 0 spiro atoms. The first-order chi connectivity index (χ1) is 13.9. The van der Waals surface area contributed by atoms with Gasteiger partial charge in [0.05, 0.1) is 6.42 Å². The molecule has 1 aliphatic heterocycles. The number of piperazine rings is 1. The van der Waals surface area contributed by atoms with E-state index < -0.39 is 17.9 Å². The van der Waals surface area contributed by atoms with Crippen molar-refractivity contribution in [1.29, 1.82) is 0 Å². The van der Waals surface area contributed by atoms with Crippen LogP contribution in [0, 0.1) is 5.82 Å². The van der Waals surface area contributed by atoms with Gasteiger partial charge in [0.1, 0.15) is 11.6 Å². The summed E-state index contributed by atoms with van der Waals surface area (Å²) >= 11 is 0. The van der Waals surface area contributed by atoms with Crippen molar-refractivity contribution in [3.05, 3.63) is 65.5 Å². The van der Waals surface area contributed by atoms with Crippen LogP contribution in [0.15, 0.2) is 48.5 Å². The summed E-state index contributed by atoms with van der Waals surface area (Å²) in [7, 11) is 0. The van der Waals surface area contributed by atoms with Crippen molar-refractivity contribution in [2.24, 2.45) is 0 Å². The number of halogens is 1. The lowest BCUT2D eigenvalue weighted by atomic mass is 10.1. The van der Waals surface area contributed by atoms with E-state index in [9.17, 15) is 14.0 Å². The number of hydrogen-bond donors (Lipinski definition) is 1. The van der Waals surface area contributed by atoms with E-state index in [0.29, 0.717) is 50.5 Å². The lowest BCUT2D eigenvalue weighted by Gasteiger charge is -2.35. The van der Waals surface area contributed by atoms with Gasteiger partial charge in [-0.1, -0.05) is 30.3 Å². The Morgan fingerprint density at radius 3 is 2.45 bits per heavy atom. The van der Waals surface area contributed by atoms with Crippen molar-refractivity contribution in [3.8, 4) is 5.75 Å². The normalized spacial score (nSPS) is 15.7. The van der Waals surface area contributed by atoms with E-state index in [1.54, 1.807) is 0 Å². The maximum absolute atomic E-state index is 13.7. The topological polar surface area (TPSA) is 70.1 Å². The highest BCUT2D eigenvalue weighted by Crippen LogP contribution is 2.23. The summed E-state index contributed by atoms with van der Waals surface area (Å²) in [4.78, 5) is 27.5. The van der Waals surface area contributed by atoms with Gasteiger partial charge in [-0.3, -0.25) is 9.69 Å². The number of carbonyl (C=O) groups excluding carboxylic acids is 1. The molecule has 1 N–H and O–H groups in total. The minimum absolute atomic E-state index is 0.0981. The summed E-state index contributed by atoms with van der Waals surface area (Å²) in [6.07, 6.45) is -0.637. The van der Waals surface area contributed by atoms with Crippen LogP contribution in [0.2, 0.25) is 0 Å². The second-order valence-corrected chi connectivity index (χ2v) is 7.17. The van der Waals surface area contributed by atoms with Crippen LogP contribution in [-0.2, 0) is 22.6 Å². The van der Waals surface area contributed by atoms with Crippen molar-refractivity contribution in [2.45, 2.75) is 26.0 Å². The Morgan fingerprint density at radius 1 is 1.10 bits per heavy atom. The Bertz CT molecular complexity index is 851. The van der Waals surface area contributed by atoms with E-state index in [1.165, 1.54) is 25.1 Å². The minimum Gasteiger partial charge on any atom is -0.479 e. The van der Waals surface area contributed by atoms with Crippen molar-refractivity contribution in [1.82, 2.24) is 9.80 Å². The monoisotopic (exact) mass is 400 g/mol. The minimum atomic E-state index is -1.08. The largest absolute Gasteiger partial charge is 0.479 e. The van der Waals surface area contributed by atoms with Gasteiger partial charge >= 0.3 is 5.97 Å². The molecule has 29 heavy (non-hydrogen) atoms. The number of ether oxygens (including phenoxy) is 1. The van der Waals surface area contributed by atoms with Crippen LogP contribution in [-0.4, -0.2) is 59.1 Å². The highest BCUT2D eigenvalue weighted by molar-refractivity contribution is 5.78. The quantitative estimate of drug-likeness (QED) is 0.774. The zero-order chi connectivity index (χ0) is 20.8. The number of rotatable bonds is 7. The zero-order valence-corrected chi connectivity index (χ0v) is 16.4. The number of carboxylic acid groups (broad SMARTS) is 1. The first-order valence-electron chi connectivity index (χ1n) is 9.64. The molecular weight excluding hydrogens is 375 g/mol. The molecule has 154 valence electrons. The molecule has 0 aromatic heterocycles. The fourth-order valence-electron chi connectivity index (χ4n) is 3.31. The van der Waals surface area contributed by atoms with Gasteiger partial charge in [0, 0.05) is 38.3 Å². The molecule has 1 saturated heterocycles. The number of carboxylic acids is 1. The number of aliphatic carboxylic acids is 1. The summed E-state index contributed by atoms with van der Waals surface area (Å²) in [6, 6.07) is 13.7. The van der Waals surface area contributed by atoms with Crippen LogP contribution >= 0.6 is 0 Å². The fraction of sp³-hybridized carbons (Fsp3) is 0.364. The molecule has 1 heterocycles. The van der Waals surface area contributed by atoms with E-state index >= 15 is 0 Å². The molecule has 1 fully saturated rings. The summed E-state index contributed by atoms with van der Waals surface area (Å²) in [5.74, 6) is -1.01. The predicted molar refractivity (Wildman–Crippen MR) is 106 cm³/mol. The van der Waals surface area contributed by atoms with E-state index in [-0.39, 0.29) is 5.91 Å². The van der Waals surface area contributed by atoms with Gasteiger partial charge in [-0.2, -0.15) is 0 Å². The molecule has 0 saturated carbocycles. The van der Waals surface area contributed by atoms with Gasteiger partial charge in [-0.25, -0.2) is 9.18 Å². The van der Waals surface area contributed by atoms with Gasteiger partial charge in [0.25, 0.3) is 0 Å². The molecule has 0 radical (unpaired) electrons. The van der Waals surface area contributed by atoms with Crippen LogP contribution in [0.4, 0.5) is 4.39 Å². The van der Waals surface area contributed by atoms with Gasteiger partial charge in [0.15, 0.2) is 6.10 Å². The first-order valence-corrected chi connectivity index (χ1v) is 9.64. The molecule has 0 aliphatic carbocycles. The zero-order valence-electron chi connectivity index (χ0n) is 16.4. The third kappa shape index (κ3) is 5.77. The van der Waals surface area contributed by atoms with Gasteiger partial charge < -0.3 is 14.7 Å². The van der Waals surface area contributed by atoms with Crippen LogP contribution in [0.1, 0.15) is 18.1 Å². The Hall–Kier alpha value is -2.93. The lowest BCUT2D eigenvalue weighted by Crippen LogP contribution is -2.48. The second-order valence-electron chi connectivity index (χ2n) is 7.17. The molecular formula is C22H25FN2O4. The number of hydrogen-bond acceptors (Lipinski definition) is 4.